The summed E-state index contributed by atoms with van der Waals surface area (Å²) in [6.07, 6.45) is 2.47. The number of carbonyl (C=O) groups excluding carboxylic acids is 1. The summed E-state index contributed by atoms with van der Waals surface area (Å²) in [5.74, 6) is 3.08. The van der Waals surface area contributed by atoms with Gasteiger partial charge >= 0.3 is 0 Å². The highest BCUT2D eigenvalue weighted by molar-refractivity contribution is 5.79. The average Bonchev–Trinajstić information content (AvgIpc) is 3.23. The van der Waals surface area contributed by atoms with Crippen LogP contribution in [0, 0.1) is 5.92 Å². The Morgan fingerprint density at radius 1 is 1.13 bits per heavy atom. The number of hydrogen-bond donors (Lipinski definition) is 1. The van der Waals surface area contributed by atoms with Crippen molar-refractivity contribution in [2.24, 2.45) is 5.92 Å². The Morgan fingerprint density at radius 2 is 1.87 bits per heavy atom. The summed E-state index contributed by atoms with van der Waals surface area (Å²) in [6, 6.07) is 11.9. The molecule has 164 valence electrons. The van der Waals surface area contributed by atoms with Crippen molar-refractivity contribution < 1.29 is 9.53 Å². The third-order valence-corrected chi connectivity index (χ3v) is 5.85. The molecule has 2 aromatic heterocycles. The number of ether oxygens (including phenoxy) is 1. The van der Waals surface area contributed by atoms with Crippen LogP contribution in [0.2, 0.25) is 0 Å². The molecule has 8 nitrogen and oxygen atoms in total. The molecular formula is C23H30N6O2. The number of benzene rings is 1. The molecule has 0 unspecified atom stereocenters. The zero-order valence-corrected chi connectivity index (χ0v) is 18.4. The van der Waals surface area contributed by atoms with Crippen LogP contribution >= 0.6 is 0 Å². The molecule has 0 spiro atoms. The largest absolute Gasteiger partial charge is 0.497 e. The summed E-state index contributed by atoms with van der Waals surface area (Å²) in [5.41, 5.74) is 1.95. The number of fused-ring (bicyclic) bond motifs is 1. The van der Waals surface area contributed by atoms with E-state index in [1.807, 2.05) is 40.9 Å². The molecule has 0 saturated carbocycles. The van der Waals surface area contributed by atoms with Crippen LogP contribution in [-0.2, 0) is 11.2 Å². The fourth-order valence-electron chi connectivity index (χ4n) is 3.96. The van der Waals surface area contributed by atoms with Gasteiger partial charge < -0.3 is 15.0 Å². The van der Waals surface area contributed by atoms with Crippen molar-refractivity contribution in [2.75, 3.05) is 31.6 Å². The van der Waals surface area contributed by atoms with Gasteiger partial charge in [0.05, 0.1) is 7.11 Å². The Bertz CT molecular complexity index is 1020. The zero-order valence-electron chi connectivity index (χ0n) is 18.4. The Labute approximate surface area is 182 Å². The normalized spacial score (nSPS) is 14.9. The van der Waals surface area contributed by atoms with Crippen LogP contribution in [0.5, 0.6) is 5.75 Å². The minimum absolute atomic E-state index is 0.0528. The number of rotatable bonds is 7. The van der Waals surface area contributed by atoms with Crippen molar-refractivity contribution in [3.05, 3.63) is 47.8 Å². The average molecular weight is 423 g/mol. The van der Waals surface area contributed by atoms with E-state index in [1.54, 1.807) is 7.11 Å². The Kier molecular flexibility index (Phi) is 6.34. The number of aromatic nitrogens is 4. The van der Waals surface area contributed by atoms with Crippen LogP contribution in [0.4, 0.5) is 5.82 Å². The molecule has 3 aromatic rings. The molecule has 1 aliphatic rings. The van der Waals surface area contributed by atoms with Gasteiger partial charge in [0.2, 0.25) is 5.91 Å². The minimum atomic E-state index is 0.0528. The van der Waals surface area contributed by atoms with Crippen LogP contribution in [0.3, 0.4) is 0 Å². The minimum Gasteiger partial charge on any atom is -0.497 e. The molecule has 4 rings (SSSR count). The second-order valence-electron chi connectivity index (χ2n) is 8.32. The molecule has 1 amide bonds. The molecule has 0 bridgehead atoms. The van der Waals surface area contributed by atoms with Crippen molar-refractivity contribution in [3.8, 4) is 5.75 Å². The number of hydrogen-bond acceptors (Lipinski definition) is 6. The number of carbonyl (C=O) groups is 1. The van der Waals surface area contributed by atoms with Crippen LogP contribution in [0.1, 0.15) is 44.0 Å². The molecule has 1 aromatic carbocycles. The second-order valence-corrected chi connectivity index (χ2v) is 8.32. The fraction of sp³-hybridized carbons (Fsp3) is 0.478. The van der Waals surface area contributed by atoms with Gasteiger partial charge in [-0.05, 0) is 49.1 Å². The predicted molar refractivity (Wildman–Crippen MR) is 120 cm³/mol. The number of anilines is 1. The summed E-state index contributed by atoms with van der Waals surface area (Å²) in [6.45, 7) is 6.45. The lowest BCUT2D eigenvalue weighted by Gasteiger charge is -2.32. The third kappa shape index (κ3) is 4.78. The van der Waals surface area contributed by atoms with E-state index in [0.29, 0.717) is 6.54 Å². The smallest absolute Gasteiger partial charge is 0.223 e. The monoisotopic (exact) mass is 422 g/mol. The summed E-state index contributed by atoms with van der Waals surface area (Å²) in [5, 5.41) is 16.3. The van der Waals surface area contributed by atoms with E-state index in [4.69, 9.17) is 9.84 Å². The highest BCUT2D eigenvalue weighted by atomic mass is 16.5. The first kappa shape index (κ1) is 21.1. The molecule has 0 radical (unpaired) electrons. The van der Waals surface area contributed by atoms with Gasteiger partial charge in [0.15, 0.2) is 11.5 Å². The second kappa shape index (κ2) is 9.32. The Balaban J connectivity index is 1.28. The molecule has 1 saturated heterocycles. The van der Waals surface area contributed by atoms with Gasteiger partial charge in [-0.15, -0.1) is 15.3 Å². The van der Waals surface area contributed by atoms with E-state index in [-0.39, 0.29) is 17.7 Å². The maximum atomic E-state index is 12.6. The maximum absolute atomic E-state index is 12.6. The lowest BCUT2D eigenvalue weighted by atomic mass is 9.96. The van der Waals surface area contributed by atoms with E-state index < -0.39 is 0 Å². The summed E-state index contributed by atoms with van der Waals surface area (Å²) in [7, 11) is 1.66. The van der Waals surface area contributed by atoms with Crippen LogP contribution in [0.25, 0.3) is 5.65 Å². The molecule has 0 aliphatic carbocycles. The fourth-order valence-corrected chi connectivity index (χ4v) is 3.96. The van der Waals surface area contributed by atoms with Gasteiger partial charge in [-0.1, -0.05) is 26.0 Å². The van der Waals surface area contributed by atoms with Gasteiger partial charge in [-0.2, -0.15) is 4.52 Å². The molecule has 3 heterocycles. The van der Waals surface area contributed by atoms with Gasteiger partial charge in [0, 0.05) is 31.5 Å². The summed E-state index contributed by atoms with van der Waals surface area (Å²) >= 11 is 0. The third-order valence-electron chi connectivity index (χ3n) is 5.85. The van der Waals surface area contributed by atoms with Gasteiger partial charge in [-0.25, -0.2) is 0 Å². The zero-order chi connectivity index (χ0) is 21.8. The van der Waals surface area contributed by atoms with Gasteiger partial charge in [0.25, 0.3) is 0 Å². The summed E-state index contributed by atoms with van der Waals surface area (Å²) in [4.78, 5) is 14.8. The number of nitrogens with zero attached hydrogens (tertiary/aromatic N) is 5. The number of methoxy groups -OCH3 is 1. The van der Waals surface area contributed by atoms with Crippen molar-refractivity contribution in [3.63, 3.8) is 0 Å². The lowest BCUT2D eigenvalue weighted by molar-refractivity contribution is -0.125. The van der Waals surface area contributed by atoms with Crippen molar-refractivity contribution in [1.82, 2.24) is 25.1 Å². The summed E-state index contributed by atoms with van der Waals surface area (Å²) < 4.78 is 7.01. The Hall–Kier alpha value is -3.16. The van der Waals surface area contributed by atoms with Gasteiger partial charge in [0.1, 0.15) is 11.6 Å². The molecule has 1 fully saturated rings. The standard InChI is InChI=1S/C23H30N6O2/c1-16(2)22-26-25-20-8-9-21(27-29(20)22)28-14-11-18(12-15-28)23(30)24-13-10-17-4-6-19(31-3)7-5-17/h4-9,16,18H,10-15H2,1-3H3,(H,24,30). The van der Waals surface area contributed by atoms with E-state index in [1.165, 1.54) is 5.56 Å². The first-order chi connectivity index (χ1) is 15.0. The highest BCUT2D eigenvalue weighted by Crippen LogP contribution is 2.23. The molecule has 0 atom stereocenters. The van der Waals surface area contributed by atoms with Crippen LogP contribution in [-0.4, -0.2) is 52.5 Å². The number of amides is 1. The van der Waals surface area contributed by atoms with E-state index in [2.05, 4.69) is 34.3 Å². The first-order valence-electron chi connectivity index (χ1n) is 10.9. The molecule has 1 aliphatic heterocycles. The molecule has 8 heteroatoms. The Morgan fingerprint density at radius 3 is 2.55 bits per heavy atom. The number of nitrogens with one attached hydrogen (secondary N) is 1. The maximum Gasteiger partial charge on any atom is 0.223 e. The molecule has 1 N–H and O–H groups in total. The topological polar surface area (TPSA) is 84.6 Å². The van der Waals surface area contributed by atoms with Crippen molar-refractivity contribution >= 4 is 17.4 Å². The van der Waals surface area contributed by atoms with E-state index in [9.17, 15) is 4.79 Å². The van der Waals surface area contributed by atoms with Crippen LogP contribution < -0.4 is 15.0 Å². The van der Waals surface area contributed by atoms with Crippen LogP contribution in [0.15, 0.2) is 36.4 Å². The van der Waals surface area contributed by atoms with E-state index in [0.717, 1.165) is 55.4 Å². The highest BCUT2D eigenvalue weighted by Gasteiger charge is 2.26. The molecule has 31 heavy (non-hydrogen) atoms. The van der Waals surface area contributed by atoms with Crippen molar-refractivity contribution in [1.29, 1.82) is 0 Å². The SMILES string of the molecule is COc1ccc(CCNC(=O)C2CCN(c3ccc4nnc(C(C)C)n4n3)CC2)cc1. The predicted octanol–water partition coefficient (Wildman–Crippen LogP) is 2.83. The lowest BCUT2D eigenvalue weighted by Crippen LogP contribution is -2.41. The number of piperidine rings is 1. The van der Waals surface area contributed by atoms with E-state index >= 15 is 0 Å². The molecular weight excluding hydrogens is 392 g/mol. The quantitative estimate of drug-likeness (QED) is 0.630. The van der Waals surface area contributed by atoms with Gasteiger partial charge in [-0.3, -0.25) is 4.79 Å². The first-order valence-corrected chi connectivity index (χ1v) is 10.9. The van der Waals surface area contributed by atoms with Crippen molar-refractivity contribution in [2.45, 2.75) is 39.0 Å².